The van der Waals surface area contributed by atoms with Gasteiger partial charge in [-0.15, -0.1) is 0 Å². The maximum atomic E-state index is 13.0. The van der Waals surface area contributed by atoms with Gasteiger partial charge in [-0.25, -0.2) is 4.39 Å². The smallest absolute Gasteiger partial charge is 0.231 e. The molecule has 0 bridgehead atoms. The number of oxime groups is 1. The van der Waals surface area contributed by atoms with Crippen LogP contribution in [0.15, 0.2) is 29.4 Å². The number of nitrogens with one attached hydrogen (secondary N) is 1. The minimum atomic E-state index is -0.674. The van der Waals surface area contributed by atoms with Crippen LogP contribution in [0.2, 0.25) is 0 Å². The van der Waals surface area contributed by atoms with Crippen molar-refractivity contribution in [1.82, 2.24) is 5.32 Å². The van der Waals surface area contributed by atoms with Gasteiger partial charge in [0.1, 0.15) is 11.7 Å². The number of nitrogens with zero attached hydrogens (tertiary/aromatic N) is 1. The Morgan fingerprint density at radius 1 is 1.50 bits per heavy atom. The molecule has 0 aliphatic heterocycles. The van der Waals surface area contributed by atoms with E-state index in [9.17, 15) is 9.18 Å². The van der Waals surface area contributed by atoms with Gasteiger partial charge in [-0.3, -0.25) is 4.79 Å². The van der Waals surface area contributed by atoms with Crippen molar-refractivity contribution in [3.05, 3.63) is 35.6 Å². The summed E-state index contributed by atoms with van der Waals surface area (Å²) in [6.07, 6.45) is 0.518. The summed E-state index contributed by atoms with van der Waals surface area (Å²) in [6.45, 7) is 3.99. The maximum absolute atomic E-state index is 13.0. The molecule has 0 saturated carbocycles. The quantitative estimate of drug-likeness (QED) is 0.319. The second-order valence-electron chi connectivity index (χ2n) is 4.92. The molecule has 1 atom stereocenters. The van der Waals surface area contributed by atoms with Crippen molar-refractivity contribution in [2.24, 2.45) is 22.7 Å². The van der Waals surface area contributed by atoms with Crippen molar-refractivity contribution in [2.75, 3.05) is 6.54 Å². The molecule has 0 radical (unpaired) electrons. The van der Waals surface area contributed by atoms with Gasteiger partial charge in [-0.05, 0) is 30.0 Å². The van der Waals surface area contributed by atoms with E-state index in [-0.39, 0.29) is 23.5 Å². The van der Waals surface area contributed by atoms with Crippen molar-refractivity contribution in [3.63, 3.8) is 0 Å². The number of nitrogens with two attached hydrogens (primary N) is 1. The highest BCUT2D eigenvalue weighted by molar-refractivity contribution is 6.02. The minimum Gasteiger partial charge on any atom is -0.409 e. The van der Waals surface area contributed by atoms with Gasteiger partial charge < -0.3 is 16.3 Å². The lowest BCUT2D eigenvalue weighted by Gasteiger charge is -2.18. The van der Waals surface area contributed by atoms with Gasteiger partial charge in [0.15, 0.2) is 5.84 Å². The summed E-state index contributed by atoms with van der Waals surface area (Å²) in [5.41, 5.74) is 6.31. The van der Waals surface area contributed by atoms with Crippen LogP contribution >= 0.6 is 0 Å². The number of amides is 1. The third-order valence-electron chi connectivity index (χ3n) is 2.99. The van der Waals surface area contributed by atoms with Crippen LogP contribution in [0.4, 0.5) is 4.39 Å². The summed E-state index contributed by atoms with van der Waals surface area (Å²) in [7, 11) is 0. The molecule has 1 amide bonds. The highest BCUT2D eigenvalue weighted by atomic mass is 19.1. The number of halogens is 1. The molecule has 1 aromatic rings. The normalized spacial score (nSPS) is 13.3. The fourth-order valence-electron chi connectivity index (χ4n) is 1.97. The average Bonchev–Trinajstić information content (AvgIpc) is 2.38. The summed E-state index contributed by atoms with van der Waals surface area (Å²) in [5.74, 6) is -1.46. The van der Waals surface area contributed by atoms with Gasteiger partial charge in [-0.2, -0.15) is 0 Å². The van der Waals surface area contributed by atoms with Crippen molar-refractivity contribution in [3.8, 4) is 0 Å². The standard InChI is InChI=1S/C14H20FN3O2/c1-9(2)12(13(16)18-20)14(19)17-7-6-10-4-3-5-11(15)8-10/h3-5,8-9,12,20H,6-7H2,1-2H3,(H2,16,18)(H,17,19). The lowest BCUT2D eigenvalue weighted by atomic mass is 9.94. The monoisotopic (exact) mass is 281 g/mol. The molecule has 0 saturated heterocycles. The number of carbonyl (C=O) groups excluding carboxylic acids is 1. The molecule has 1 unspecified atom stereocenters. The average molecular weight is 281 g/mol. The van der Waals surface area contributed by atoms with Crippen LogP contribution in [-0.4, -0.2) is 23.5 Å². The Kier molecular flexibility index (Phi) is 5.96. The van der Waals surface area contributed by atoms with Gasteiger partial charge in [0.2, 0.25) is 5.91 Å². The van der Waals surface area contributed by atoms with Crippen LogP contribution in [-0.2, 0) is 11.2 Å². The summed E-state index contributed by atoms with van der Waals surface area (Å²) in [6, 6.07) is 6.21. The summed E-state index contributed by atoms with van der Waals surface area (Å²) in [5, 5.41) is 14.3. The Balaban J connectivity index is 2.54. The van der Waals surface area contributed by atoms with Gasteiger partial charge in [0, 0.05) is 6.54 Å². The molecular weight excluding hydrogens is 261 g/mol. The zero-order valence-corrected chi connectivity index (χ0v) is 11.6. The van der Waals surface area contributed by atoms with Crippen LogP contribution < -0.4 is 11.1 Å². The van der Waals surface area contributed by atoms with E-state index in [0.29, 0.717) is 13.0 Å². The molecule has 0 aliphatic carbocycles. The zero-order chi connectivity index (χ0) is 15.1. The Morgan fingerprint density at radius 2 is 2.20 bits per heavy atom. The van der Waals surface area contributed by atoms with Crippen LogP contribution in [0.5, 0.6) is 0 Å². The number of benzene rings is 1. The van der Waals surface area contributed by atoms with E-state index in [0.717, 1.165) is 5.56 Å². The largest absolute Gasteiger partial charge is 0.409 e. The molecule has 1 aromatic carbocycles. The van der Waals surface area contributed by atoms with E-state index >= 15 is 0 Å². The molecule has 20 heavy (non-hydrogen) atoms. The summed E-state index contributed by atoms with van der Waals surface area (Å²) in [4.78, 5) is 12.0. The van der Waals surface area contributed by atoms with Crippen LogP contribution in [0.1, 0.15) is 19.4 Å². The zero-order valence-electron chi connectivity index (χ0n) is 11.6. The second-order valence-corrected chi connectivity index (χ2v) is 4.92. The Labute approximate surface area is 117 Å². The molecule has 0 heterocycles. The van der Waals surface area contributed by atoms with Crippen LogP contribution in [0.3, 0.4) is 0 Å². The van der Waals surface area contributed by atoms with Gasteiger partial charge in [0.25, 0.3) is 0 Å². The molecule has 1 rings (SSSR count). The van der Waals surface area contributed by atoms with Crippen molar-refractivity contribution in [1.29, 1.82) is 0 Å². The molecule has 0 aromatic heterocycles. The van der Waals surface area contributed by atoms with Crippen molar-refractivity contribution >= 4 is 11.7 Å². The minimum absolute atomic E-state index is 0.0833. The van der Waals surface area contributed by atoms with Gasteiger partial charge in [-0.1, -0.05) is 31.1 Å². The van der Waals surface area contributed by atoms with Gasteiger partial charge >= 0.3 is 0 Å². The first-order chi connectivity index (χ1) is 9.45. The van der Waals surface area contributed by atoms with E-state index in [1.807, 2.05) is 13.8 Å². The predicted molar refractivity (Wildman–Crippen MR) is 74.9 cm³/mol. The number of carbonyl (C=O) groups is 1. The molecule has 0 spiro atoms. The highest BCUT2D eigenvalue weighted by Gasteiger charge is 2.26. The SMILES string of the molecule is CC(C)C(C(=O)NCCc1cccc(F)c1)C(N)=NO. The van der Waals surface area contributed by atoms with E-state index in [1.165, 1.54) is 12.1 Å². The highest BCUT2D eigenvalue weighted by Crippen LogP contribution is 2.11. The number of hydrogen-bond donors (Lipinski definition) is 3. The van der Waals surface area contributed by atoms with E-state index < -0.39 is 5.92 Å². The summed E-state index contributed by atoms with van der Waals surface area (Å²) >= 11 is 0. The lowest BCUT2D eigenvalue weighted by Crippen LogP contribution is -2.42. The second kappa shape index (κ2) is 7.47. The number of amidine groups is 1. The number of rotatable bonds is 6. The van der Waals surface area contributed by atoms with Crippen LogP contribution in [0.25, 0.3) is 0 Å². The molecular formula is C14H20FN3O2. The Bertz CT molecular complexity index is 489. The van der Waals surface area contributed by atoms with E-state index in [2.05, 4.69) is 10.5 Å². The summed E-state index contributed by atoms with van der Waals surface area (Å²) < 4.78 is 13.0. The fraction of sp³-hybridized carbons (Fsp3) is 0.429. The first kappa shape index (κ1) is 15.9. The predicted octanol–water partition coefficient (Wildman–Crippen LogP) is 1.50. The first-order valence-electron chi connectivity index (χ1n) is 6.45. The van der Waals surface area contributed by atoms with Crippen molar-refractivity contribution in [2.45, 2.75) is 20.3 Å². The molecule has 110 valence electrons. The molecule has 0 aliphatic rings. The van der Waals surface area contributed by atoms with Gasteiger partial charge in [0.05, 0.1) is 0 Å². The third-order valence-corrected chi connectivity index (χ3v) is 2.99. The number of hydrogen-bond acceptors (Lipinski definition) is 3. The molecule has 5 nitrogen and oxygen atoms in total. The Morgan fingerprint density at radius 3 is 2.75 bits per heavy atom. The lowest BCUT2D eigenvalue weighted by molar-refractivity contribution is -0.124. The third kappa shape index (κ3) is 4.53. The molecule has 0 fully saturated rings. The topological polar surface area (TPSA) is 87.7 Å². The van der Waals surface area contributed by atoms with E-state index in [4.69, 9.17) is 10.9 Å². The molecule has 6 heteroatoms. The molecule has 4 N–H and O–H groups in total. The van der Waals surface area contributed by atoms with Crippen LogP contribution in [0, 0.1) is 17.7 Å². The first-order valence-corrected chi connectivity index (χ1v) is 6.45. The Hall–Kier alpha value is -2.11. The fourth-order valence-corrected chi connectivity index (χ4v) is 1.97. The van der Waals surface area contributed by atoms with Crippen molar-refractivity contribution < 1.29 is 14.4 Å². The maximum Gasteiger partial charge on any atom is 0.231 e. The van der Waals surface area contributed by atoms with E-state index in [1.54, 1.807) is 12.1 Å².